The lowest BCUT2D eigenvalue weighted by molar-refractivity contribution is 0.0368. The quantitative estimate of drug-likeness (QED) is 0.404. The van der Waals surface area contributed by atoms with Crippen LogP contribution in [0.4, 0.5) is 14.0 Å². The van der Waals surface area contributed by atoms with Crippen LogP contribution in [-0.4, -0.2) is 25.0 Å². The summed E-state index contributed by atoms with van der Waals surface area (Å²) in [5, 5.41) is 11.6. The minimum atomic E-state index is -1.17. The molecule has 1 fully saturated rings. The number of dihydropyridines is 1. The third kappa shape index (κ3) is 5.96. The van der Waals surface area contributed by atoms with Crippen molar-refractivity contribution < 1.29 is 32.9 Å². The highest BCUT2D eigenvalue weighted by Crippen LogP contribution is 2.43. The van der Waals surface area contributed by atoms with Crippen LogP contribution in [0.1, 0.15) is 57.4 Å². The maximum atomic E-state index is 15.0. The molecule has 1 aromatic carbocycles. The van der Waals surface area contributed by atoms with Crippen LogP contribution < -0.4 is 5.32 Å². The van der Waals surface area contributed by atoms with Crippen LogP contribution in [-0.2, 0) is 18.9 Å². The predicted octanol–water partition coefficient (Wildman–Crippen LogP) is 5.79. The highest BCUT2D eigenvalue weighted by molar-refractivity contribution is 6.31. The van der Waals surface area contributed by atoms with Crippen molar-refractivity contribution in [2.45, 2.75) is 58.0 Å². The molecule has 0 radical (unpaired) electrons. The van der Waals surface area contributed by atoms with E-state index in [1.54, 1.807) is 13.8 Å². The number of hydrogen-bond acceptors (Lipinski definition) is 8. The molecule has 176 valence electrons. The van der Waals surface area contributed by atoms with Crippen molar-refractivity contribution in [3.05, 3.63) is 57.5 Å². The SMILES string of the molecule is CC1=C(OC(=O)OCCC#N)C(c2c(F)cccc2Cl)C(OC(=O)OC2CCCC2)=C(C)N1. The molecule has 0 aromatic heterocycles. The first-order valence-corrected chi connectivity index (χ1v) is 10.9. The molecule has 1 aliphatic heterocycles. The van der Waals surface area contributed by atoms with Gasteiger partial charge in [0.2, 0.25) is 0 Å². The van der Waals surface area contributed by atoms with E-state index in [0.717, 1.165) is 25.7 Å². The maximum Gasteiger partial charge on any atom is 0.513 e. The number of carbonyl (C=O) groups is 2. The number of allylic oxidation sites excluding steroid dienone is 2. The second-order valence-corrected chi connectivity index (χ2v) is 8.06. The molecule has 0 spiro atoms. The summed E-state index contributed by atoms with van der Waals surface area (Å²) in [4.78, 5) is 24.8. The molecule has 33 heavy (non-hydrogen) atoms. The first-order chi connectivity index (χ1) is 15.8. The molecule has 0 saturated heterocycles. The Morgan fingerprint density at radius 1 is 1.15 bits per heavy atom. The van der Waals surface area contributed by atoms with Gasteiger partial charge in [0.25, 0.3) is 0 Å². The first-order valence-electron chi connectivity index (χ1n) is 10.5. The van der Waals surface area contributed by atoms with Crippen LogP contribution in [0.15, 0.2) is 41.1 Å². The van der Waals surface area contributed by atoms with Gasteiger partial charge in [-0.05, 0) is 51.7 Å². The zero-order chi connectivity index (χ0) is 24.0. The number of halogens is 2. The Morgan fingerprint density at radius 3 is 2.39 bits per heavy atom. The Bertz CT molecular complexity index is 1010. The Balaban J connectivity index is 1.94. The fourth-order valence-electron chi connectivity index (χ4n) is 3.83. The number of nitrogens with one attached hydrogen (secondary N) is 1. The van der Waals surface area contributed by atoms with Gasteiger partial charge in [0.05, 0.1) is 23.9 Å². The van der Waals surface area contributed by atoms with Crippen LogP contribution in [0.25, 0.3) is 0 Å². The molecule has 3 rings (SSSR count). The molecule has 0 amide bonds. The van der Waals surface area contributed by atoms with Crippen LogP contribution in [0.2, 0.25) is 5.02 Å². The smallest absolute Gasteiger partial charge is 0.433 e. The molecular weight excluding hydrogens is 455 g/mol. The molecule has 1 aromatic rings. The summed E-state index contributed by atoms with van der Waals surface area (Å²) in [6, 6.07) is 5.95. The minimum Gasteiger partial charge on any atom is -0.433 e. The molecular formula is C23H24ClFN2O6. The Morgan fingerprint density at radius 2 is 1.79 bits per heavy atom. The van der Waals surface area contributed by atoms with Gasteiger partial charge in [0.15, 0.2) is 0 Å². The topological polar surface area (TPSA) is 107 Å². The summed E-state index contributed by atoms with van der Waals surface area (Å²) in [5.74, 6) is -1.92. The molecule has 8 nitrogen and oxygen atoms in total. The summed E-state index contributed by atoms with van der Waals surface area (Å²) in [5.41, 5.74) is 0.721. The van der Waals surface area contributed by atoms with E-state index in [-0.39, 0.29) is 41.2 Å². The minimum absolute atomic E-state index is 0.0181. The average molecular weight is 479 g/mol. The number of carbonyl (C=O) groups excluding carboxylic acids is 2. The van der Waals surface area contributed by atoms with E-state index in [4.69, 9.17) is 35.8 Å². The van der Waals surface area contributed by atoms with Crippen LogP contribution in [0.5, 0.6) is 0 Å². The van der Waals surface area contributed by atoms with Crippen molar-refractivity contribution in [1.29, 1.82) is 5.26 Å². The first kappa shape index (κ1) is 24.4. The van der Waals surface area contributed by atoms with Gasteiger partial charge in [-0.3, -0.25) is 0 Å². The summed E-state index contributed by atoms with van der Waals surface area (Å²) in [6.45, 7) is 3.06. The summed E-state index contributed by atoms with van der Waals surface area (Å²) in [7, 11) is 0. The summed E-state index contributed by atoms with van der Waals surface area (Å²) < 4.78 is 36.1. The van der Waals surface area contributed by atoms with Crippen molar-refractivity contribution in [3.8, 4) is 6.07 Å². The van der Waals surface area contributed by atoms with Crippen LogP contribution in [0.3, 0.4) is 0 Å². The lowest BCUT2D eigenvalue weighted by atomic mass is 9.90. The third-order valence-corrected chi connectivity index (χ3v) is 5.64. The lowest BCUT2D eigenvalue weighted by Crippen LogP contribution is -2.30. The fourth-order valence-corrected chi connectivity index (χ4v) is 4.10. The number of nitriles is 1. The molecule has 1 aliphatic carbocycles. The number of hydrogen-bond donors (Lipinski definition) is 1. The van der Waals surface area contributed by atoms with Gasteiger partial charge < -0.3 is 24.3 Å². The second-order valence-electron chi connectivity index (χ2n) is 7.66. The zero-order valence-corrected chi connectivity index (χ0v) is 19.0. The highest BCUT2D eigenvalue weighted by Gasteiger charge is 2.38. The second kappa shape index (κ2) is 11.1. The van der Waals surface area contributed by atoms with E-state index in [1.165, 1.54) is 18.2 Å². The number of rotatable bonds is 6. The van der Waals surface area contributed by atoms with Crippen molar-refractivity contribution >= 4 is 23.9 Å². The molecule has 1 N–H and O–H groups in total. The Kier molecular flexibility index (Phi) is 8.17. The zero-order valence-electron chi connectivity index (χ0n) is 18.3. The van der Waals surface area contributed by atoms with Gasteiger partial charge in [-0.15, -0.1) is 0 Å². The average Bonchev–Trinajstić information content (AvgIpc) is 3.26. The van der Waals surface area contributed by atoms with E-state index in [0.29, 0.717) is 11.4 Å². The van der Waals surface area contributed by atoms with Crippen LogP contribution >= 0.6 is 11.6 Å². The number of ether oxygens (including phenoxy) is 4. The van der Waals surface area contributed by atoms with Gasteiger partial charge in [0.1, 0.15) is 36.0 Å². The van der Waals surface area contributed by atoms with Gasteiger partial charge in [-0.25, -0.2) is 14.0 Å². The van der Waals surface area contributed by atoms with Crippen LogP contribution in [0, 0.1) is 17.1 Å². The lowest BCUT2D eigenvalue weighted by Gasteiger charge is -2.31. The molecule has 1 saturated carbocycles. The van der Waals surface area contributed by atoms with Gasteiger partial charge in [-0.2, -0.15) is 5.26 Å². The molecule has 2 aliphatic rings. The summed E-state index contributed by atoms with van der Waals surface area (Å²) >= 11 is 6.32. The normalized spacial score (nSPS) is 18.5. The molecule has 0 bridgehead atoms. The largest absolute Gasteiger partial charge is 0.513 e. The summed E-state index contributed by atoms with van der Waals surface area (Å²) in [6.07, 6.45) is 1.12. The molecule has 1 atom stereocenters. The van der Waals surface area contributed by atoms with E-state index < -0.39 is 24.0 Å². The highest BCUT2D eigenvalue weighted by atomic mass is 35.5. The van der Waals surface area contributed by atoms with Crippen molar-refractivity contribution in [2.75, 3.05) is 6.61 Å². The van der Waals surface area contributed by atoms with Crippen molar-refractivity contribution in [3.63, 3.8) is 0 Å². The monoisotopic (exact) mass is 478 g/mol. The Hall–Kier alpha value is -3.25. The van der Waals surface area contributed by atoms with E-state index in [2.05, 4.69) is 5.32 Å². The molecule has 1 heterocycles. The predicted molar refractivity (Wildman–Crippen MR) is 115 cm³/mol. The fraction of sp³-hybridized carbons (Fsp3) is 0.435. The number of nitrogens with zero attached hydrogens (tertiary/aromatic N) is 1. The Labute approximate surface area is 195 Å². The van der Waals surface area contributed by atoms with Gasteiger partial charge in [-0.1, -0.05) is 17.7 Å². The maximum absolute atomic E-state index is 15.0. The number of benzene rings is 1. The van der Waals surface area contributed by atoms with Crippen molar-refractivity contribution in [2.24, 2.45) is 0 Å². The van der Waals surface area contributed by atoms with Crippen molar-refractivity contribution in [1.82, 2.24) is 5.32 Å². The van der Waals surface area contributed by atoms with E-state index in [9.17, 15) is 14.0 Å². The van der Waals surface area contributed by atoms with Gasteiger partial charge >= 0.3 is 12.3 Å². The van der Waals surface area contributed by atoms with Gasteiger partial charge in [0, 0.05) is 10.6 Å². The standard InChI is InChI=1S/C23H24ClFN2O6/c1-13-20(32-22(28)30-12-6-11-26)19(18-16(24)9-5-10-17(18)25)21(14(2)27-13)33-23(29)31-15-7-3-4-8-15/h5,9-10,15,19,27H,3-4,6-8,12H2,1-2H3. The van der Waals surface area contributed by atoms with E-state index >= 15 is 0 Å². The third-order valence-electron chi connectivity index (χ3n) is 5.31. The van der Waals surface area contributed by atoms with E-state index in [1.807, 2.05) is 6.07 Å². The molecule has 1 unspecified atom stereocenters. The molecule has 10 heteroatoms.